The molecular formula is C32H21Br2NO4. The van der Waals surface area contributed by atoms with E-state index in [1.165, 1.54) is 4.90 Å². The number of hydrogen-bond donors (Lipinski definition) is 0. The number of rotatable bonds is 4. The Balaban J connectivity index is 1.24. The fraction of sp³-hybridized carbons (Fsp3) is 0.156. The fourth-order valence-electron chi connectivity index (χ4n) is 6.47. The SMILES string of the molecule is O=C(OCc1ccccc1)c1ccc(N2C(=O)[C@@H]3[C@@H](C2=O)C2(Br)c4ccccc4C3(Br)c3ccccc32)cc1. The summed E-state index contributed by atoms with van der Waals surface area (Å²) in [6.45, 7) is 0.162. The zero-order valence-corrected chi connectivity index (χ0v) is 23.7. The summed E-state index contributed by atoms with van der Waals surface area (Å²) in [5, 5.41) is 0. The molecule has 0 spiro atoms. The van der Waals surface area contributed by atoms with Crippen molar-refractivity contribution in [2.45, 2.75) is 15.3 Å². The number of esters is 1. The van der Waals surface area contributed by atoms with E-state index in [-0.39, 0.29) is 18.4 Å². The highest BCUT2D eigenvalue weighted by atomic mass is 79.9. The average molecular weight is 643 g/mol. The predicted octanol–water partition coefficient (Wildman–Crippen LogP) is 6.45. The molecule has 4 aromatic rings. The van der Waals surface area contributed by atoms with Crippen molar-refractivity contribution in [2.24, 2.45) is 11.8 Å². The summed E-state index contributed by atoms with van der Waals surface area (Å²) in [6, 6.07) is 31.9. The van der Waals surface area contributed by atoms with Crippen LogP contribution in [0.1, 0.15) is 38.2 Å². The molecule has 0 unspecified atom stereocenters. The van der Waals surface area contributed by atoms with E-state index in [1.807, 2.05) is 78.9 Å². The van der Waals surface area contributed by atoms with E-state index >= 15 is 0 Å². The molecule has 0 aromatic heterocycles. The van der Waals surface area contributed by atoms with Crippen LogP contribution in [0.3, 0.4) is 0 Å². The van der Waals surface area contributed by atoms with Gasteiger partial charge in [0, 0.05) is 0 Å². The number of carbonyl (C=O) groups excluding carboxylic acids is 3. The van der Waals surface area contributed by atoms with Crippen LogP contribution in [-0.2, 0) is 29.6 Å². The second kappa shape index (κ2) is 8.73. The van der Waals surface area contributed by atoms with Gasteiger partial charge in [-0.2, -0.15) is 0 Å². The van der Waals surface area contributed by atoms with Crippen LogP contribution in [0.15, 0.2) is 103 Å². The lowest BCUT2D eigenvalue weighted by Crippen LogP contribution is -2.56. The van der Waals surface area contributed by atoms with Gasteiger partial charge in [0.25, 0.3) is 0 Å². The van der Waals surface area contributed by atoms with Gasteiger partial charge in [0.15, 0.2) is 0 Å². The molecule has 0 saturated carbocycles. The molecule has 4 aromatic carbocycles. The van der Waals surface area contributed by atoms with E-state index in [2.05, 4.69) is 31.9 Å². The Kier molecular flexibility index (Phi) is 5.48. The van der Waals surface area contributed by atoms with Crippen molar-refractivity contribution < 1.29 is 19.1 Å². The summed E-state index contributed by atoms with van der Waals surface area (Å²) in [6.07, 6.45) is 0. The van der Waals surface area contributed by atoms with E-state index in [0.29, 0.717) is 11.3 Å². The largest absolute Gasteiger partial charge is 0.457 e. The van der Waals surface area contributed by atoms with E-state index in [0.717, 1.165) is 27.8 Å². The first kappa shape index (κ1) is 24.5. The molecule has 4 aliphatic rings. The second-order valence-corrected chi connectivity index (χ2v) is 12.6. The summed E-state index contributed by atoms with van der Waals surface area (Å²) < 4.78 is 3.75. The Hall–Kier alpha value is -3.55. The molecule has 3 aliphatic carbocycles. The molecule has 8 rings (SSSR count). The summed E-state index contributed by atoms with van der Waals surface area (Å²) in [5.74, 6) is -2.31. The maximum Gasteiger partial charge on any atom is 0.338 e. The van der Waals surface area contributed by atoms with Crippen LogP contribution in [0.25, 0.3) is 0 Å². The normalized spacial score (nSPS) is 26.2. The molecule has 2 bridgehead atoms. The van der Waals surface area contributed by atoms with Crippen molar-refractivity contribution >= 4 is 55.3 Å². The third-order valence-electron chi connectivity index (χ3n) is 8.16. The number of carbonyl (C=O) groups is 3. The molecule has 1 heterocycles. The summed E-state index contributed by atoms with van der Waals surface area (Å²) >= 11 is 8.03. The zero-order chi connectivity index (χ0) is 26.9. The number of hydrogen-bond acceptors (Lipinski definition) is 4. The quantitative estimate of drug-likeness (QED) is 0.146. The summed E-state index contributed by atoms with van der Waals surface area (Å²) in [4.78, 5) is 42.2. The minimum Gasteiger partial charge on any atom is -0.457 e. The first-order chi connectivity index (χ1) is 18.9. The van der Waals surface area contributed by atoms with Gasteiger partial charge in [-0.15, -0.1) is 0 Å². The Morgan fingerprint density at radius 2 is 1.10 bits per heavy atom. The van der Waals surface area contributed by atoms with Crippen molar-refractivity contribution in [3.05, 3.63) is 137 Å². The van der Waals surface area contributed by atoms with Crippen molar-refractivity contribution in [1.82, 2.24) is 0 Å². The molecule has 5 nitrogen and oxygen atoms in total. The van der Waals surface area contributed by atoms with E-state index in [4.69, 9.17) is 4.74 Å². The summed E-state index contributed by atoms with van der Waals surface area (Å²) in [5.41, 5.74) is 5.62. The van der Waals surface area contributed by atoms with Gasteiger partial charge in [-0.05, 0) is 52.1 Å². The maximum atomic E-state index is 14.1. The van der Waals surface area contributed by atoms with E-state index in [1.54, 1.807) is 24.3 Å². The molecule has 1 aliphatic heterocycles. The zero-order valence-electron chi connectivity index (χ0n) is 20.5. The van der Waals surface area contributed by atoms with Crippen LogP contribution in [0.4, 0.5) is 5.69 Å². The highest BCUT2D eigenvalue weighted by Gasteiger charge is 2.72. The Morgan fingerprint density at radius 3 is 1.56 bits per heavy atom. The first-order valence-electron chi connectivity index (χ1n) is 12.6. The van der Waals surface area contributed by atoms with Gasteiger partial charge in [0.05, 0.1) is 31.7 Å². The fourth-order valence-corrected chi connectivity index (χ4v) is 8.78. The molecule has 0 N–H and O–H groups in total. The molecule has 2 amide bonds. The predicted molar refractivity (Wildman–Crippen MR) is 154 cm³/mol. The number of nitrogens with zero attached hydrogens (tertiary/aromatic N) is 1. The van der Waals surface area contributed by atoms with Crippen molar-refractivity contribution in [1.29, 1.82) is 0 Å². The third kappa shape index (κ3) is 3.26. The second-order valence-electron chi connectivity index (χ2n) is 10.1. The van der Waals surface area contributed by atoms with Gasteiger partial charge in [-0.25, -0.2) is 9.69 Å². The average Bonchev–Trinajstić information content (AvgIpc) is 3.26. The van der Waals surface area contributed by atoms with Crippen LogP contribution >= 0.6 is 31.9 Å². The van der Waals surface area contributed by atoms with Gasteiger partial charge in [0.1, 0.15) is 6.61 Å². The van der Waals surface area contributed by atoms with Crippen LogP contribution in [0, 0.1) is 11.8 Å². The number of ether oxygens (including phenoxy) is 1. The Bertz CT molecular complexity index is 1550. The molecular weight excluding hydrogens is 622 g/mol. The topological polar surface area (TPSA) is 63.7 Å². The molecule has 7 heteroatoms. The lowest BCUT2D eigenvalue weighted by atomic mass is 9.54. The monoisotopic (exact) mass is 641 g/mol. The highest BCUT2D eigenvalue weighted by Crippen LogP contribution is 2.70. The van der Waals surface area contributed by atoms with Crippen molar-refractivity contribution in [3.63, 3.8) is 0 Å². The molecule has 2 atom stereocenters. The molecule has 0 radical (unpaired) electrons. The van der Waals surface area contributed by atoms with E-state index in [9.17, 15) is 14.4 Å². The van der Waals surface area contributed by atoms with Crippen molar-refractivity contribution in [2.75, 3.05) is 4.90 Å². The molecule has 39 heavy (non-hydrogen) atoms. The van der Waals surface area contributed by atoms with Gasteiger partial charge in [0.2, 0.25) is 11.8 Å². The Labute approximate surface area is 242 Å². The standard InChI is InChI=1S/C32H21Br2NO4/c33-31-22-10-4-5-11-23(22)32(34,25-13-7-6-12-24(25)31)27-26(31)28(36)35(29(27)37)21-16-14-20(15-17-21)30(38)39-18-19-8-2-1-3-9-19/h1-17,26-27H,18H2/t26-,27-,31?,32?/m0/s1. The minimum absolute atomic E-state index is 0.162. The number of alkyl halides is 2. The highest BCUT2D eigenvalue weighted by molar-refractivity contribution is 9.10. The Morgan fingerprint density at radius 1 is 0.667 bits per heavy atom. The van der Waals surface area contributed by atoms with Gasteiger partial charge in [-0.3, -0.25) is 9.59 Å². The van der Waals surface area contributed by atoms with Crippen LogP contribution in [-0.4, -0.2) is 17.8 Å². The molecule has 192 valence electrons. The van der Waals surface area contributed by atoms with Gasteiger partial charge >= 0.3 is 5.97 Å². The molecule has 1 saturated heterocycles. The van der Waals surface area contributed by atoms with E-state index < -0.39 is 26.5 Å². The lowest BCUT2D eigenvalue weighted by Gasteiger charge is -2.55. The number of anilines is 1. The number of imide groups is 1. The molecule has 1 fully saturated rings. The number of amides is 2. The number of halogens is 2. The number of benzene rings is 4. The van der Waals surface area contributed by atoms with Crippen molar-refractivity contribution in [3.8, 4) is 0 Å². The first-order valence-corrected chi connectivity index (χ1v) is 14.2. The summed E-state index contributed by atoms with van der Waals surface area (Å²) in [7, 11) is 0. The minimum atomic E-state index is -0.844. The van der Waals surface area contributed by atoms with Gasteiger partial charge < -0.3 is 4.74 Å². The lowest BCUT2D eigenvalue weighted by molar-refractivity contribution is -0.122. The maximum absolute atomic E-state index is 14.1. The van der Waals surface area contributed by atoms with Crippen LogP contribution in [0.5, 0.6) is 0 Å². The third-order valence-corrected chi connectivity index (χ3v) is 10.9. The van der Waals surface area contributed by atoms with Crippen LogP contribution < -0.4 is 4.90 Å². The van der Waals surface area contributed by atoms with Gasteiger partial charge in [-0.1, -0.05) is 111 Å². The van der Waals surface area contributed by atoms with Crippen LogP contribution in [0.2, 0.25) is 0 Å². The smallest absolute Gasteiger partial charge is 0.338 e.